The summed E-state index contributed by atoms with van der Waals surface area (Å²) >= 11 is 1.57. The van der Waals surface area contributed by atoms with E-state index in [0.717, 1.165) is 10.6 Å². The van der Waals surface area contributed by atoms with Crippen LogP contribution in [0, 0.1) is 11.3 Å². The van der Waals surface area contributed by atoms with Crippen molar-refractivity contribution in [2.45, 2.75) is 32.1 Å². The maximum atomic E-state index is 12.4. The highest BCUT2D eigenvalue weighted by Gasteiger charge is 2.30. The molecule has 0 radical (unpaired) electrons. The lowest BCUT2D eigenvalue weighted by molar-refractivity contribution is 0.533. The van der Waals surface area contributed by atoms with Crippen molar-refractivity contribution in [1.82, 2.24) is 9.78 Å². The molecule has 1 aromatic heterocycles. The average molecular weight is 312 g/mol. The van der Waals surface area contributed by atoms with E-state index in [9.17, 15) is 4.79 Å². The van der Waals surface area contributed by atoms with Crippen molar-refractivity contribution in [3.8, 4) is 6.07 Å². The third-order valence-electron chi connectivity index (χ3n) is 3.61. The standard InChI is InChI=1S/C16H16N4OS/c1-9(2)20-15-13(16(21)19-20)14(22-10(3)18-15)12-6-4-11(8-17)5-7-12/h4-7,9,14H,1-3H3,(H,19,21)/t14-/m0/s1. The Bertz CT molecular complexity index is 837. The minimum absolute atomic E-state index is 0.0935. The molecule has 5 nitrogen and oxygen atoms in total. The predicted octanol–water partition coefficient (Wildman–Crippen LogP) is 3.52. The maximum absolute atomic E-state index is 12.4. The van der Waals surface area contributed by atoms with Gasteiger partial charge >= 0.3 is 0 Å². The van der Waals surface area contributed by atoms with E-state index >= 15 is 0 Å². The van der Waals surface area contributed by atoms with Crippen LogP contribution < -0.4 is 5.56 Å². The van der Waals surface area contributed by atoms with E-state index in [0.29, 0.717) is 16.9 Å². The van der Waals surface area contributed by atoms with Crippen LogP contribution in [0.15, 0.2) is 34.1 Å². The lowest BCUT2D eigenvalue weighted by atomic mass is 10.0. The average Bonchev–Trinajstić information content (AvgIpc) is 2.84. The molecular formula is C16H16N4OS. The summed E-state index contributed by atoms with van der Waals surface area (Å²) in [7, 11) is 0. The smallest absolute Gasteiger partial charge is 0.268 e. The molecule has 0 bridgehead atoms. The molecule has 6 heteroatoms. The number of rotatable bonds is 2. The van der Waals surface area contributed by atoms with Gasteiger partial charge < -0.3 is 0 Å². The van der Waals surface area contributed by atoms with E-state index in [1.807, 2.05) is 37.6 Å². The fourth-order valence-corrected chi connectivity index (χ4v) is 3.65. The normalized spacial score (nSPS) is 17.0. The number of aromatic nitrogens is 2. The third kappa shape index (κ3) is 2.38. The van der Waals surface area contributed by atoms with Crippen molar-refractivity contribution in [1.29, 1.82) is 5.26 Å². The number of benzene rings is 1. The van der Waals surface area contributed by atoms with E-state index in [1.54, 1.807) is 23.9 Å². The van der Waals surface area contributed by atoms with Crippen molar-refractivity contribution >= 4 is 22.6 Å². The van der Waals surface area contributed by atoms with Crippen LogP contribution in [0.3, 0.4) is 0 Å². The van der Waals surface area contributed by atoms with Crippen LogP contribution >= 0.6 is 11.8 Å². The zero-order valence-corrected chi connectivity index (χ0v) is 13.4. The Hall–Kier alpha value is -2.26. The first-order chi connectivity index (χ1) is 10.5. The van der Waals surface area contributed by atoms with Crippen molar-refractivity contribution < 1.29 is 0 Å². The van der Waals surface area contributed by atoms with Gasteiger partial charge in [-0.05, 0) is 38.5 Å². The Balaban J connectivity index is 2.15. The van der Waals surface area contributed by atoms with E-state index < -0.39 is 0 Å². The summed E-state index contributed by atoms with van der Waals surface area (Å²) in [6, 6.07) is 9.63. The van der Waals surface area contributed by atoms with Crippen molar-refractivity contribution in [3.63, 3.8) is 0 Å². The number of aromatic amines is 1. The fourth-order valence-electron chi connectivity index (χ4n) is 2.55. The Kier molecular flexibility index (Phi) is 3.67. The Morgan fingerprint density at radius 1 is 1.36 bits per heavy atom. The Labute approximate surface area is 132 Å². The number of aliphatic imine (C=N–C) groups is 1. The second-order valence-electron chi connectivity index (χ2n) is 5.50. The SMILES string of the molecule is CC1=Nc2c(c(=O)[nH]n2C(C)C)[C@H](c2ccc(C#N)cc2)S1. The molecular weight excluding hydrogens is 296 g/mol. The lowest BCUT2D eigenvalue weighted by Gasteiger charge is -2.21. The summed E-state index contributed by atoms with van der Waals surface area (Å²) in [5.41, 5.74) is 2.21. The fraction of sp³-hybridized carbons (Fsp3) is 0.312. The van der Waals surface area contributed by atoms with Crippen LogP contribution in [0.5, 0.6) is 0 Å². The first kappa shape index (κ1) is 14.7. The van der Waals surface area contributed by atoms with Gasteiger partial charge in [0.2, 0.25) is 0 Å². The molecule has 1 N–H and O–H groups in total. The van der Waals surface area contributed by atoms with Gasteiger partial charge in [0.15, 0.2) is 5.82 Å². The van der Waals surface area contributed by atoms with Gasteiger partial charge in [-0.15, -0.1) is 0 Å². The molecule has 2 heterocycles. The summed E-state index contributed by atoms with van der Waals surface area (Å²) in [5, 5.41) is 12.6. The van der Waals surface area contributed by atoms with Gasteiger partial charge in [-0.3, -0.25) is 14.6 Å². The van der Waals surface area contributed by atoms with Crippen LogP contribution in [-0.2, 0) is 0 Å². The molecule has 112 valence electrons. The largest absolute Gasteiger partial charge is 0.271 e. The van der Waals surface area contributed by atoms with Crippen molar-refractivity contribution in [2.24, 2.45) is 4.99 Å². The molecule has 0 unspecified atom stereocenters. The number of hydrogen-bond acceptors (Lipinski definition) is 4. The molecule has 22 heavy (non-hydrogen) atoms. The van der Waals surface area contributed by atoms with Crippen LogP contribution in [0.2, 0.25) is 0 Å². The number of nitrogens with zero attached hydrogens (tertiary/aromatic N) is 3. The summed E-state index contributed by atoms with van der Waals surface area (Å²) in [6.45, 7) is 5.98. The van der Waals surface area contributed by atoms with Gasteiger partial charge in [-0.25, -0.2) is 4.99 Å². The Morgan fingerprint density at radius 2 is 2.05 bits per heavy atom. The number of thioether (sulfide) groups is 1. The predicted molar refractivity (Wildman–Crippen MR) is 88.8 cm³/mol. The zero-order chi connectivity index (χ0) is 15.9. The summed E-state index contributed by atoms with van der Waals surface area (Å²) in [6.07, 6.45) is 0. The highest BCUT2D eigenvalue weighted by molar-refractivity contribution is 8.14. The lowest BCUT2D eigenvalue weighted by Crippen LogP contribution is -2.13. The minimum Gasteiger partial charge on any atom is -0.268 e. The molecule has 1 aliphatic rings. The molecule has 0 saturated heterocycles. The van der Waals surface area contributed by atoms with Gasteiger partial charge in [-0.1, -0.05) is 23.9 Å². The maximum Gasteiger partial charge on any atom is 0.271 e. The quantitative estimate of drug-likeness (QED) is 0.922. The van der Waals surface area contributed by atoms with Gasteiger partial charge in [-0.2, -0.15) is 5.26 Å². The molecule has 0 amide bonds. The molecule has 0 saturated carbocycles. The number of nitriles is 1. The topological polar surface area (TPSA) is 73.9 Å². The first-order valence-electron chi connectivity index (χ1n) is 7.07. The van der Waals surface area contributed by atoms with Gasteiger partial charge in [0.1, 0.15) is 0 Å². The van der Waals surface area contributed by atoms with Crippen molar-refractivity contribution in [2.75, 3.05) is 0 Å². The summed E-state index contributed by atoms with van der Waals surface area (Å²) < 4.78 is 1.82. The molecule has 1 atom stereocenters. The number of fused-ring (bicyclic) bond motifs is 1. The second kappa shape index (κ2) is 5.50. The molecule has 0 fully saturated rings. The van der Waals surface area contributed by atoms with Crippen LogP contribution in [0.1, 0.15) is 48.8 Å². The zero-order valence-electron chi connectivity index (χ0n) is 12.6. The van der Waals surface area contributed by atoms with E-state index in [-0.39, 0.29) is 16.9 Å². The second-order valence-corrected chi connectivity index (χ2v) is 6.80. The van der Waals surface area contributed by atoms with Gasteiger partial charge in [0.25, 0.3) is 5.56 Å². The highest BCUT2D eigenvalue weighted by atomic mass is 32.2. The summed E-state index contributed by atoms with van der Waals surface area (Å²) in [4.78, 5) is 16.9. The summed E-state index contributed by atoms with van der Waals surface area (Å²) in [5.74, 6) is 0.714. The monoisotopic (exact) mass is 312 g/mol. The van der Waals surface area contributed by atoms with Crippen LogP contribution in [0.25, 0.3) is 0 Å². The van der Waals surface area contributed by atoms with Gasteiger partial charge in [0, 0.05) is 6.04 Å². The van der Waals surface area contributed by atoms with Gasteiger partial charge in [0.05, 0.1) is 27.5 Å². The number of hydrogen-bond donors (Lipinski definition) is 1. The highest BCUT2D eigenvalue weighted by Crippen LogP contribution is 2.43. The van der Waals surface area contributed by atoms with Crippen molar-refractivity contribution in [3.05, 3.63) is 51.3 Å². The van der Waals surface area contributed by atoms with Crippen LogP contribution in [0.4, 0.5) is 5.82 Å². The molecule has 0 spiro atoms. The molecule has 2 aromatic rings. The Morgan fingerprint density at radius 3 is 2.64 bits per heavy atom. The number of H-pyrrole nitrogens is 1. The molecule has 1 aliphatic heterocycles. The molecule has 1 aromatic carbocycles. The van der Waals surface area contributed by atoms with E-state index in [2.05, 4.69) is 16.2 Å². The van der Waals surface area contributed by atoms with E-state index in [1.165, 1.54) is 0 Å². The molecule has 0 aliphatic carbocycles. The molecule has 3 rings (SSSR count). The third-order valence-corrected chi connectivity index (χ3v) is 4.78. The first-order valence-corrected chi connectivity index (χ1v) is 7.95. The minimum atomic E-state index is -0.0955. The number of nitrogens with one attached hydrogen (secondary N) is 1. The van der Waals surface area contributed by atoms with Crippen LogP contribution in [-0.4, -0.2) is 14.8 Å². The van der Waals surface area contributed by atoms with E-state index in [4.69, 9.17) is 5.26 Å².